The Balaban J connectivity index is 1.93. The molecule has 2 atom stereocenters. The van der Waals surface area contributed by atoms with E-state index in [0.29, 0.717) is 6.04 Å². The van der Waals surface area contributed by atoms with E-state index in [1.165, 1.54) is 19.1 Å². The predicted molar refractivity (Wildman–Crippen MR) is 69.9 cm³/mol. The normalized spacial score (nSPS) is 29.9. The molecule has 1 heterocycles. The van der Waals surface area contributed by atoms with Gasteiger partial charge in [-0.15, -0.1) is 0 Å². The van der Waals surface area contributed by atoms with Gasteiger partial charge in [-0.3, -0.25) is 4.90 Å². The Bertz CT molecular complexity index is 352. The van der Waals surface area contributed by atoms with Gasteiger partial charge < -0.3 is 5.32 Å². The van der Waals surface area contributed by atoms with Crippen LogP contribution in [0, 0.1) is 5.92 Å². The number of hydrogen-bond donors (Lipinski definition) is 1. The topological polar surface area (TPSA) is 49.4 Å². The summed E-state index contributed by atoms with van der Waals surface area (Å²) >= 11 is 0. The van der Waals surface area contributed by atoms with Crippen LogP contribution in [0.4, 0.5) is 0 Å². The Labute approximate surface area is 105 Å². The van der Waals surface area contributed by atoms with Crippen LogP contribution in [0.2, 0.25) is 0 Å². The van der Waals surface area contributed by atoms with Crippen LogP contribution in [0.25, 0.3) is 0 Å². The molecule has 1 N–H and O–H groups in total. The molecule has 4 nitrogen and oxygen atoms in total. The Morgan fingerprint density at radius 1 is 1.41 bits per heavy atom. The van der Waals surface area contributed by atoms with Gasteiger partial charge in [-0.25, -0.2) is 8.42 Å². The molecule has 2 fully saturated rings. The summed E-state index contributed by atoms with van der Waals surface area (Å²) in [5, 5.41) is 3.60. The highest BCUT2D eigenvalue weighted by atomic mass is 32.2. The third kappa shape index (κ3) is 4.23. The summed E-state index contributed by atoms with van der Waals surface area (Å²) in [6.45, 7) is 5.15. The number of hydrogen-bond acceptors (Lipinski definition) is 4. The number of nitrogens with one attached hydrogen (secondary N) is 1. The molecule has 2 unspecified atom stereocenters. The third-order valence-electron chi connectivity index (χ3n) is 3.82. The lowest BCUT2D eigenvalue weighted by molar-refractivity contribution is 0.213. The van der Waals surface area contributed by atoms with Crippen LogP contribution < -0.4 is 5.32 Å². The van der Waals surface area contributed by atoms with Gasteiger partial charge in [-0.2, -0.15) is 0 Å². The summed E-state index contributed by atoms with van der Waals surface area (Å²) in [4.78, 5) is 2.35. The fourth-order valence-corrected chi connectivity index (χ4v) is 3.82. The molecule has 1 saturated heterocycles. The molecule has 100 valence electrons. The first-order valence-electron chi connectivity index (χ1n) is 6.61. The van der Waals surface area contributed by atoms with E-state index in [9.17, 15) is 8.42 Å². The minimum absolute atomic E-state index is 0.145. The van der Waals surface area contributed by atoms with Gasteiger partial charge in [0.1, 0.15) is 9.84 Å². The second-order valence-corrected chi connectivity index (χ2v) is 7.87. The molecule has 0 aromatic heterocycles. The fraction of sp³-hybridized carbons (Fsp3) is 1.00. The van der Waals surface area contributed by atoms with E-state index in [1.807, 2.05) is 6.92 Å². The zero-order valence-electron chi connectivity index (χ0n) is 10.9. The average Bonchev–Trinajstić information content (AvgIpc) is 3.02. The van der Waals surface area contributed by atoms with Crippen molar-refractivity contribution in [3.05, 3.63) is 0 Å². The minimum Gasteiger partial charge on any atom is -0.312 e. The molecule has 1 aliphatic carbocycles. The first kappa shape index (κ1) is 13.3. The van der Waals surface area contributed by atoms with E-state index >= 15 is 0 Å². The van der Waals surface area contributed by atoms with Crippen molar-refractivity contribution in [1.29, 1.82) is 0 Å². The van der Waals surface area contributed by atoms with E-state index in [2.05, 4.69) is 10.2 Å². The van der Waals surface area contributed by atoms with E-state index in [0.717, 1.165) is 32.0 Å². The largest absolute Gasteiger partial charge is 0.312 e. The number of rotatable bonds is 4. The standard InChI is InChI=1S/C12H24N2O2S/c1-10(9-17(2,15)16)14-7-3-6-13-12(8-14)11-4-5-11/h10-13H,3-9H2,1-2H3. The summed E-state index contributed by atoms with van der Waals surface area (Å²) in [5.41, 5.74) is 0. The van der Waals surface area contributed by atoms with Crippen molar-refractivity contribution in [3.8, 4) is 0 Å². The van der Waals surface area contributed by atoms with Crippen LogP contribution in [-0.2, 0) is 9.84 Å². The molecule has 0 amide bonds. The lowest BCUT2D eigenvalue weighted by Crippen LogP contribution is -2.44. The molecular weight excluding hydrogens is 236 g/mol. The first-order valence-corrected chi connectivity index (χ1v) is 8.67. The third-order valence-corrected chi connectivity index (χ3v) is 4.91. The predicted octanol–water partition coefficient (Wildman–Crippen LogP) is 0.493. The van der Waals surface area contributed by atoms with E-state index in [1.54, 1.807) is 0 Å². The van der Waals surface area contributed by atoms with Crippen molar-refractivity contribution in [2.75, 3.05) is 31.6 Å². The second-order valence-electron chi connectivity index (χ2n) is 5.69. The summed E-state index contributed by atoms with van der Waals surface area (Å²) in [7, 11) is -2.87. The van der Waals surface area contributed by atoms with Crippen molar-refractivity contribution in [3.63, 3.8) is 0 Å². The Kier molecular flexibility index (Phi) is 4.10. The maximum Gasteiger partial charge on any atom is 0.148 e. The first-order chi connectivity index (χ1) is 7.96. The SMILES string of the molecule is CC(CS(C)(=O)=O)N1CCCNC(C2CC2)C1. The quantitative estimate of drug-likeness (QED) is 0.799. The zero-order chi connectivity index (χ0) is 12.5. The Hall–Kier alpha value is -0.130. The fourth-order valence-electron chi connectivity index (χ4n) is 2.74. The Morgan fingerprint density at radius 2 is 2.12 bits per heavy atom. The van der Waals surface area contributed by atoms with Crippen LogP contribution in [0.3, 0.4) is 0 Å². The van der Waals surface area contributed by atoms with Crippen molar-refractivity contribution < 1.29 is 8.42 Å². The minimum atomic E-state index is -2.87. The van der Waals surface area contributed by atoms with Gasteiger partial charge in [0.2, 0.25) is 0 Å². The van der Waals surface area contributed by atoms with Gasteiger partial charge in [-0.05, 0) is 45.2 Å². The van der Waals surface area contributed by atoms with Crippen LogP contribution in [-0.4, -0.2) is 57.0 Å². The molecule has 0 aromatic rings. The Morgan fingerprint density at radius 3 is 2.71 bits per heavy atom. The second kappa shape index (κ2) is 5.24. The average molecular weight is 260 g/mol. The smallest absolute Gasteiger partial charge is 0.148 e. The highest BCUT2D eigenvalue weighted by molar-refractivity contribution is 7.90. The lowest BCUT2D eigenvalue weighted by atomic mass is 10.1. The van der Waals surface area contributed by atoms with E-state index in [-0.39, 0.29) is 11.8 Å². The maximum absolute atomic E-state index is 11.4. The van der Waals surface area contributed by atoms with Crippen molar-refractivity contribution in [2.24, 2.45) is 5.92 Å². The highest BCUT2D eigenvalue weighted by Gasteiger charge is 2.34. The van der Waals surface area contributed by atoms with E-state index in [4.69, 9.17) is 0 Å². The van der Waals surface area contributed by atoms with E-state index < -0.39 is 9.84 Å². The highest BCUT2D eigenvalue weighted by Crippen LogP contribution is 2.33. The maximum atomic E-state index is 11.4. The monoisotopic (exact) mass is 260 g/mol. The molecule has 0 aromatic carbocycles. The summed E-state index contributed by atoms with van der Waals surface area (Å²) in [6.07, 6.45) is 5.13. The van der Waals surface area contributed by atoms with Crippen molar-refractivity contribution in [2.45, 2.75) is 38.3 Å². The molecule has 2 rings (SSSR count). The zero-order valence-corrected chi connectivity index (χ0v) is 11.7. The molecule has 0 spiro atoms. The molecule has 1 aliphatic heterocycles. The number of nitrogens with zero attached hydrogens (tertiary/aromatic N) is 1. The lowest BCUT2D eigenvalue weighted by Gasteiger charge is -2.29. The van der Waals surface area contributed by atoms with Gasteiger partial charge in [0.25, 0.3) is 0 Å². The molecule has 1 saturated carbocycles. The van der Waals surface area contributed by atoms with Crippen LogP contribution in [0.1, 0.15) is 26.2 Å². The van der Waals surface area contributed by atoms with Gasteiger partial charge in [0.05, 0.1) is 5.75 Å². The van der Waals surface area contributed by atoms with Gasteiger partial charge in [0, 0.05) is 24.9 Å². The molecule has 17 heavy (non-hydrogen) atoms. The summed E-state index contributed by atoms with van der Waals surface area (Å²) in [5.74, 6) is 1.12. The van der Waals surface area contributed by atoms with Gasteiger partial charge in [-0.1, -0.05) is 0 Å². The van der Waals surface area contributed by atoms with Crippen LogP contribution >= 0.6 is 0 Å². The van der Waals surface area contributed by atoms with Crippen molar-refractivity contribution in [1.82, 2.24) is 10.2 Å². The van der Waals surface area contributed by atoms with Gasteiger partial charge >= 0.3 is 0 Å². The summed E-state index contributed by atoms with van der Waals surface area (Å²) < 4.78 is 22.7. The summed E-state index contributed by atoms with van der Waals surface area (Å²) in [6, 6.07) is 0.727. The molecule has 0 bridgehead atoms. The number of sulfone groups is 1. The van der Waals surface area contributed by atoms with Crippen LogP contribution in [0.15, 0.2) is 0 Å². The van der Waals surface area contributed by atoms with Crippen LogP contribution in [0.5, 0.6) is 0 Å². The molecule has 5 heteroatoms. The molecule has 0 radical (unpaired) electrons. The van der Waals surface area contributed by atoms with Gasteiger partial charge in [0.15, 0.2) is 0 Å². The molecule has 2 aliphatic rings. The molecular formula is C12H24N2O2S. The van der Waals surface area contributed by atoms with Crippen molar-refractivity contribution >= 4 is 9.84 Å².